The number of esters is 1. The van der Waals surface area contributed by atoms with Crippen molar-refractivity contribution < 1.29 is 23.8 Å². The third kappa shape index (κ3) is 4.86. The van der Waals surface area contributed by atoms with Crippen LogP contribution >= 0.6 is 0 Å². The molecule has 1 fully saturated rings. The van der Waals surface area contributed by atoms with E-state index in [-0.39, 0.29) is 6.61 Å². The molecule has 0 aromatic heterocycles. The van der Waals surface area contributed by atoms with Gasteiger partial charge in [-0.25, -0.2) is 9.59 Å². The molecule has 0 aliphatic carbocycles. The summed E-state index contributed by atoms with van der Waals surface area (Å²) in [5.74, 6) is -0.498. The lowest BCUT2D eigenvalue weighted by molar-refractivity contribution is -0.149. The van der Waals surface area contributed by atoms with Crippen LogP contribution in [-0.4, -0.2) is 42.8 Å². The van der Waals surface area contributed by atoms with E-state index in [1.807, 2.05) is 60.7 Å². The monoisotopic (exact) mass is 369 g/mol. The van der Waals surface area contributed by atoms with Crippen LogP contribution in [0.2, 0.25) is 0 Å². The van der Waals surface area contributed by atoms with E-state index < -0.39 is 24.2 Å². The summed E-state index contributed by atoms with van der Waals surface area (Å²) in [6.07, 6.45) is -0.422. The molecule has 0 unspecified atom stereocenters. The van der Waals surface area contributed by atoms with E-state index in [4.69, 9.17) is 14.2 Å². The second kappa shape index (κ2) is 9.19. The van der Waals surface area contributed by atoms with Gasteiger partial charge in [0.25, 0.3) is 0 Å². The van der Waals surface area contributed by atoms with Crippen LogP contribution in [0, 0.1) is 0 Å². The van der Waals surface area contributed by atoms with E-state index in [1.165, 1.54) is 12.0 Å². The fourth-order valence-electron chi connectivity index (χ4n) is 3.12. The van der Waals surface area contributed by atoms with Gasteiger partial charge in [0.15, 0.2) is 6.04 Å². The van der Waals surface area contributed by atoms with Crippen LogP contribution in [0.4, 0.5) is 4.79 Å². The SMILES string of the molecule is COC(=O)[C@H]1[C@H](OCc2ccccc2)CCN1C(=O)OCc1ccccc1. The Morgan fingerprint density at radius 2 is 1.56 bits per heavy atom. The Kier molecular flexibility index (Phi) is 6.44. The van der Waals surface area contributed by atoms with E-state index in [0.717, 1.165) is 11.1 Å². The van der Waals surface area contributed by atoms with Crippen LogP contribution in [0.15, 0.2) is 60.7 Å². The predicted octanol–water partition coefficient (Wildman–Crippen LogP) is 3.16. The molecule has 2 aromatic rings. The Labute approximate surface area is 158 Å². The highest BCUT2D eigenvalue weighted by Gasteiger charge is 2.44. The van der Waals surface area contributed by atoms with Gasteiger partial charge in [-0.05, 0) is 17.5 Å². The molecule has 0 radical (unpaired) electrons. The zero-order chi connectivity index (χ0) is 19.1. The highest BCUT2D eigenvalue weighted by Crippen LogP contribution is 2.24. The Hall–Kier alpha value is -2.86. The van der Waals surface area contributed by atoms with Gasteiger partial charge in [-0.15, -0.1) is 0 Å². The Morgan fingerprint density at radius 3 is 2.15 bits per heavy atom. The molecule has 1 amide bonds. The molecule has 0 saturated carbocycles. The van der Waals surface area contributed by atoms with Crippen molar-refractivity contribution in [2.75, 3.05) is 13.7 Å². The van der Waals surface area contributed by atoms with E-state index in [0.29, 0.717) is 19.6 Å². The Balaban J connectivity index is 1.62. The maximum absolute atomic E-state index is 12.5. The maximum Gasteiger partial charge on any atom is 0.410 e. The topological polar surface area (TPSA) is 65.1 Å². The number of carbonyl (C=O) groups excluding carboxylic acids is 2. The molecular formula is C21H23NO5. The van der Waals surface area contributed by atoms with Crippen LogP contribution in [0.3, 0.4) is 0 Å². The highest BCUT2D eigenvalue weighted by atomic mass is 16.6. The largest absolute Gasteiger partial charge is 0.467 e. The first-order valence-corrected chi connectivity index (χ1v) is 8.89. The molecule has 27 heavy (non-hydrogen) atoms. The minimum atomic E-state index is -0.804. The summed E-state index contributed by atoms with van der Waals surface area (Å²) in [6, 6.07) is 18.3. The molecule has 6 nitrogen and oxygen atoms in total. The summed E-state index contributed by atoms with van der Waals surface area (Å²) < 4.78 is 16.2. The van der Waals surface area contributed by atoms with Crippen molar-refractivity contribution in [2.45, 2.75) is 31.8 Å². The van der Waals surface area contributed by atoms with Crippen molar-refractivity contribution >= 4 is 12.1 Å². The lowest BCUT2D eigenvalue weighted by Gasteiger charge is -2.25. The van der Waals surface area contributed by atoms with Gasteiger partial charge >= 0.3 is 12.1 Å². The number of rotatable bonds is 6. The van der Waals surface area contributed by atoms with Gasteiger partial charge < -0.3 is 14.2 Å². The molecule has 0 spiro atoms. The van der Waals surface area contributed by atoms with Crippen LogP contribution in [0.1, 0.15) is 17.5 Å². The van der Waals surface area contributed by atoms with Gasteiger partial charge in [0.2, 0.25) is 0 Å². The third-order valence-corrected chi connectivity index (χ3v) is 4.53. The normalized spacial score (nSPS) is 18.9. The van der Waals surface area contributed by atoms with Crippen molar-refractivity contribution in [3.63, 3.8) is 0 Å². The van der Waals surface area contributed by atoms with Crippen molar-refractivity contribution in [3.05, 3.63) is 71.8 Å². The number of ether oxygens (including phenoxy) is 3. The fourth-order valence-corrected chi connectivity index (χ4v) is 3.12. The molecule has 1 aliphatic heterocycles. The van der Waals surface area contributed by atoms with Crippen LogP contribution in [0.5, 0.6) is 0 Å². The number of amides is 1. The van der Waals surface area contributed by atoms with Gasteiger partial charge in [-0.3, -0.25) is 4.90 Å². The quantitative estimate of drug-likeness (QED) is 0.732. The Bertz CT molecular complexity index is 750. The van der Waals surface area contributed by atoms with Gasteiger partial charge in [0.1, 0.15) is 6.61 Å². The number of nitrogens with zero attached hydrogens (tertiary/aromatic N) is 1. The summed E-state index contributed by atoms with van der Waals surface area (Å²) in [7, 11) is 1.31. The standard InChI is InChI=1S/C21H23NO5/c1-25-20(23)19-18(26-14-16-8-4-2-5-9-16)12-13-22(19)21(24)27-15-17-10-6-3-7-11-17/h2-11,18-19H,12-15H2,1H3/t18-,19-/m1/s1. The lowest BCUT2D eigenvalue weighted by atomic mass is 10.1. The van der Waals surface area contributed by atoms with Crippen molar-refractivity contribution in [2.24, 2.45) is 0 Å². The smallest absolute Gasteiger partial charge is 0.410 e. The molecule has 1 saturated heterocycles. The number of hydrogen-bond donors (Lipinski definition) is 0. The van der Waals surface area contributed by atoms with E-state index in [1.54, 1.807) is 0 Å². The van der Waals surface area contributed by atoms with Crippen LogP contribution in [-0.2, 0) is 32.2 Å². The maximum atomic E-state index is 12.5. The minimum absolute atomic E-state index is 0.152. The van der Waals surface area contributed by atoms with Crippen molar-refractivity contribution in [1.29, 1.82) is 0 Å². The molecule has 2 aromatic carbocycles. The third-order valence-electron chi connectivity index (χ3n) is 4.53. The van der Waals surface area contributed by atoms with Crippen molar-refractivity contribution in [3.8, 4) is 0 Å². The van der Waals surface area contributed by atoms with Gasteiger partial charge in [0, 0.05) is 6.54 Å². The van der Waals surface area contributed by atoms with E-state index in [9.17, 15) is 9.59 Å². The molecule has 6 heteroatoms. The summed E-state index contributed by atoms with van der Waals surface area (Å²) in [5, 5.41) is 0. The molecule has 142 valence electrons. The number of likely N-dealkylation sites (tertiary alicyclic amines) is 1. The highest BCUT2D eigenvalue weighted by molar-refractivity contribution is 5.82. The van der Waals surface area contributed by atoms with Gasteiger partial charge in [-0.1, -0.05) is 60.7 Å². The Morgan fingerprint density at radius 1 is 0.963 bits per heavy atom. The predicted molar refractivity (Wildman–Crippen MR) is 98.8 cm³/mol. The molecule has 3 rings (SSSR count). The molecule has 0 bridgehead atoms. The minimum Gasteiger partial charge on any atom is -0.467 e. The number of carbonyl (C=O) groups is 2. The molecule has 1 aliphatic rings. The number of methoxy groups -OCH3 is 1. The average Bonchev–Trinajstić information content (AvgIpc) is 3.15. The summed E-state index contributed by atoms with van der Waals surface area (Å²) in [5.41, 5.74) is 1.89. The van der Waals surface area contributed by atoms with Crippen LogP contribution < -0.4 is 0 Å². The van der Waals surface area contributed by atoms with E-state index in [2.05, 4.69) is 0 Å². The summed E-state index contributed by atoms with van der Waals surface area (Å²) >= 11 is 0. The molecule has 1 heterocycles. The first kappa shape index (κ1) is 18.9. The van der Waals surface area contributed by atoms with Gasteiger partial charge in [0.05, 0.1) is 19.8 Å². The van der Waals surface area contributed by atoms with E-state index >= 15 is 0 Å². The number of hydrogen-bond acceptors (Lipinski definition) is 5. The summed E-state index contributed by atoms with van der Waals surface area (Å²) in [6.45, 7) is 0.901. The zero-order valence-corrected chi connectivity index (χ0v) is 15.2. The first-order chi connectivity index (χ1) is 13.2. The second-order valence-electron chi connectivity index (χ2n) is 6.33. The second-order valence-corrected chi connectivity index (χ2v) is 6.33. The van der Waals surface area contributed by atoms with Gasteiger partial charge in [-0.2, -0.15) is 0 Å². The first-order valence-electron chi connectivity index (χ1n) is 8.89. The molecule has 2 atom stereocenters. The zero-order valence-electron chi connectivity index (χ0n) is 15.2. The fraction of sp³-hybridized carbons (Fsp3) is 0.333. The molecular weight excluding hydrogens is 346 g/mol. The summed E-state index contributed by atoms with van der Waals surface area (Å²) in [4.78, 5) is 26.2. The van der Waals surface area contributed by atoms with Crippen LogP contribution in [0.25, 0.3) is 0 Å². The molecule has 0 N–H and O–H groups in total. The average molecular weight is 369 g/mol. The lowest BCUT2D eigenvalue weighted by Crippen LogP contribution is -2.46. The van der Waals surface area contributed by atoms with Crippen molar-refractivity contribution in [1.82, 2.24) is 4.90 Å². The number of benzene rings is 2.